The molecule has 20 heavy (non-hydrogen) atoms. The smallest absolute Gasteiger partial charge is 0.164 e. The van der Waals surface area contributed by atoms with Gasteiger partial charge in [0.2, 0.25) is 0 Å². The summed E-state index contributed by atoms with van der Waals surface area (Å²) in [6, 6.07) is 1.53. The zero-order valence-corrected chi connectivity index (χ0v) is 11.5. The topological polar surface area (TPSA) is 101 Å². The van der Waals surface area contributed by atoms with Crippen LogP contribution in [0.4, 0.5) is 0 Å². The largest absolute Gasteiger partial charge is 0.394 e. The van der Waals surface area contributed by atoms with Crippen molar-refractivity contribution in [2.24, 2.45) is 0 Å². The van der Waals surface area contributed by atoms with Gasteiger partial charge in [-0.15, -0.1) is 0 Å². The molecule has 2 aromatic rings. The Morgan fingerprint density at radius 1 is 1.30 bits per heavy atom. The zero-order chi connectivity index (χ0) is 14.4. The fourth-order valence-electron chi connectivity index (χ4n) is 2.28. The number of hydrogen-bond acceptors (Lipinski definition) is 6. The van der Waals surface area contributed by atoms with Crippen LogP contribution < -0.4 is 0 Å². The molecule has 2 aromatic heterocycles. The summed E-state index contributed by atoms with van der Waals surface area (Å²) in [5, 5.41) is 29.2. The molecule has 1 saturated heterocycles. The molecule has 1 aliphatic rings. The maximum absolute atomic E-state index is 10.0. The lowest BCUT2D eigenvalue weighted by Gasteiger charge is -2.17. The van der Waals surface area contributed by atoms with Crippen molar-refractivity contribution in [1.29, 1.82) is 0 Å². The lowest BCUT2D eigenvalue weighted by molar-refractivity contribution is -0.0508. The van der Waals surface area contributed by atoms with Crippen LogP contribution >= 0.6 is 23.2 Å². The van der Waals surface area contributed by atoms with E-state index >= 15 is 0 Å². The van der Waals surface area contributed by atoms with Crippen LogP contribution in [0.15, 0.2) is 12.4 Å². The molecule has 0 unspecified atom stereocenters. The van der Waals surface area contributed by atoms with Crippen molar-refractivity contribution < 1.29 is 20.1 Å². The summed E-state index contributed by atoms with van der Waals surface area (Å²) in [5.41, 5.74) is 0.929. The van der Waals surface area contributed by atoms with Crippen LogP contribution in [0.2, 0.25) is 10.3 Å². The van der Waals surface area contributed by atoms with Gasteiger partial charge in [-0.1, -0.05) is 23.2 Å². The number of nitrogens with zero attached hydrogens (tertiary/aromatic N) is 3. The van der Waals surface area contributed by atoms with Crippen LogP contribution in [0.5, 0.6) is 0 Å². The maximum Gasteiger partial charge on any atom is 0.164 e. The number of imidazole rings is 1. The van der Waals surface area contributed by atoms with E-state index < -0.39 is 31.1 Å². The summed E-state index contributed by atoms with van der Waals surface area (Å²) in [4.78, 5) is 7.96. The van der Waals surface area contributed by atoms with Gasteiger partial charge in [0.25, 0.3) is 0 Å². The fraction of sp³-hybridized carbons (Fsp3) is 0.455. The minimum Gasteiger partial charge on any atom is -0.394 e. The van der Waals surface area contributed by atoms with Crippen LogP contribution in [0.25, 0.3) is 11.0 Å². The first-order valence-corrected chi connectivity index (χ1v) is 6.59. The molecule has 7 nitrogen and oxygen atoms in total. The van der Waals surface area contributed by atoms with Gasteiger partial charge < -0.3 is 24.6 Å². The minimum atomic E-state index is -1.20. The molecular weight excluding hydrogens is 309 g/mol. The monoisotopic (exact) mass is 319 g/mol. The average Bonchev–Trinajstić information content (AvgIpc) is 2.93. The van der Waals surface area contributed by atoms with Crippen LogP contribution in [0.1, 0.15) is 6.23 Å². The Balaban J connectivity index is 2.07. The molecule has 0 spiro atoms. The van der Waals surface area contributed by atoms with Crippen molar-refractivity contribution in [2.45, 2.75) is 24.5 Å². The van der Waals surface area contributed by atoms with E-state index in [4.69, 9.17) is 33.0 Å². The molecule has 1 aliphatic heterocycles. The second-order valence-electron chi connectivity index (χ2n) is 4.48. The summed E-state index contributed by atoms with van der Waals surface area (Å²) < 4.78 is 6.93. The van der Waals surface area contributed by atoms with Crippen molar-refractivity contribution in [3.8, 4) is 0 Å². The summed E-state index contributed by atoms with van der Waals surface area (Å²) in [6.07, 6.45) is -2.72. The van der Waals surface area contributed by atoms with Gasteiger partial charge in [-0.2, -0.15) is 0 Å². The Labute approximate surface area is 123 Å². The Kier molecular flexibility index (Phi) is 3.57. The molecule has 4 atom stereocenters. The molecule has 0 aromatic carbocycles. The van der Waals surface area contributed by atoms with Gasteiger partial charge in [-0.3, -0.25) is 0 Å². The molecule has 108 valence electrons. The molecule has 0 bridgehead atoms. The van der Waals surface area contributed by atoms with Gasteiger partial charge in [-0.25, -0.2) is 9.97 Å². The number of aromatic nitrogens is 3. The van der Waals surface area contributed by atoms with Crippen molar-refractivity contribution in [2.75, 3.05) is 6.61 Å². The molecular formula is C11H11Cl2N3O4. The standard InChI is InChI=1S/C11H11Cl2N3O4/c12-6-1-4-7(10(13)15-6)14-3-16(4)11-9(19)8(18)5(2-17)20-11/h1,3,5,8-9,11,17-19H,2H2/t5-,8+,9+,11+/m1/s1. The number of pyridine rings is 1. The molecule has 9 heteroatoms. The first-order chi connectivity index (χ1) is 9.52. The molecule has 3 rings (SSSR count). The van der Waals surface area contributed by atoms with E-state index in [1.165, 1.54) is 17.0 Å². The Bertz CT molecular complexity index is 650. The summed E-state index contributed by atoms with van der Waals surface area (Å²) in [7, 11) is 0. The highest BCUT2D eigenvalue weighted by Gasteiger charge is 2.43. The lowest BCUT2D eigenvalue weighted by atomic mass is 10.1. The number of hydrogen-bond donors (Lipinski definition) is 3. The highest BCUT2D eigenvalue weighted by molar-refractivity contribution is 6.36. The molecule has 1 fully saturated rings. The summed E-state index contributed by atoms with van der Waals surface area (Å²) in [5.74, 6) is 0. The number of fused-ring (bicyclic) bond motifs is 1. The SMILES string of the molecule is OC[C@H]1O[C@H](n2cnc3c(Cl)nc(Cl)cc32)[C@@H](O)[C@H]1O. The minimum absolute atomic E-state index is 0.137. The zero-order valence-electron chi connectivity index (χ0n) is 10.0. The van der Waals surface area contributed by atoms with E-state index in [9.17, 15) is 10.2 Å². The van der Waals surface area contributed by atoms with E-state index in [1.54, 1.807) is 0 Å². The van der Waals surface area contributed by atoms with E-state index in [-0.39, 0.29) is 10.3 Å². The van der Waals surface area contributed by atoms with Crippen LogP contribution in [0, 0.1) is 0 Å². The molecule has 3 heterocycles. The number of aliphatic hydroxyl groups is 3. The molecule has 0 radical (unpaired) electrons. The molecule has 3 N–H and O–H groups in total. The van der Waals surface area contributed by atoms with E-state index in [2.05, 4.69) is 9.97 Å². The van der Waals surface area contributed by atoms with Gasteiger partial charge >= 0.3 is 0 Å². The van der Waals surface area contributed by atoms with E-state index in [1.807, 2.05) is 0 Å². The Hall–Kier alpha value is -0.960. The van der Waals surface area contributed by atoms with Crippen molar-refractivity contribution in [1.82, 2.24) is 14.5 Å². The second-order valence-corrected chi connectivity index (χ2v) is 5.23. The lowest BCUT2D eigenvalue weighted by Crippen LogP contribution is -2.33. The Morgan fingerprint density at radius 2 is 2.05 bits per heavy atom. The van der Waals surface area contributed by atoms with Gasteiger partial charge in [0.15, 0.2) is 11.4 Å². The third kappa shape index (κ3) is 2.07. The first kappa shape index (κ1) is 14.0. The highest BCUT2D eigenvalue weighted by atomic mass is 35.5. The maximum atomic E-state index is 10.0. The molecule has 0 aliphatic carbocycles. The number of rotatable bonds is 2. The quantitative estimate of drug-likeness (QED) is 0.690. The van der Waals surface area contributed by atoms with Gasteiger partial charge in [0.1, 0.15) is 29.0 Å². The predicted octanol–water partition coefficient (Wildman–Crippen LogP) is 0.350. The van der Waals surface area contributed by atoms with Crippen molar-refractivity contribution in [3.63, 3.8) is 0 Å². The van der Waals surface area contributed by atoms with Gasteiger partial charge in [0.05, 0.1) is 18.5 Å². The molecule has 0 amide bonds. The van der Waals surface area contributed by atoms with Crippen LogP contribution in [0.3, 0.4) is 0 Å². The van der Waals surface area contributed by atoms with Crippen molar-refractivity contribution in [3.05, 3.63) is 22.7 Å². The number of halogens is 2. The number of ether oxygens (including phenoxy) is 1. The fourth-order valence-corrected chi connectivity index (χ4v) is 2.74. The normalized spacial score (nSPS) is 30.2. The van der Waals surface area contributed by atoms with Gasteiger partial charge in [-0.05, 0) is 0 Å². The third-order valence-electron chi connectivity index (χ3n) is 3.28. The predicted molar refractivity (Wildman–Crippen MR) is 70.6 cm³/mol. The van der Waals surface area contributed by atoms with Crippen LogP contribution in [-0.4, -0.2) is 54.8 Å². The van der Waals surface area contributed by atoms with Crippen molar-refractivity contribution >= 4 is 34.2 Å². The first-order valence-electron chi connectivity index (χ1n) is 5.84. The third-order valence-corrected chi connectivity index (χ3v) is 3.74. The molecule has 0 saturated carbocycles. The van der Waals surface area contributed by atoms with Gasteiger partial charge in [0, 0.05) is 6.07 Å². The highest BCUT2D eigenvalue weighted by Crippen LogP contribution is 2.33. The Morgan fingerprint density at radius 3 is 2.70 bits per heavy atom. The van der Waals surface area contributed by atoms with E-state index in [0.29, 0.717) is 11.0 Å². The van der Waals surface area contributed by atoms with Crippen LogP contribution in [-0.2, 0) is 4.74 Å². The summed E-state index contributed by atoms with van der Waals surface area (Å²) in [6.45, 7) is -0.398. The van der Waals surface area contributed by atoms with E-state index in [0.717, 1.165) is 0 Å². The average molecular weight is 320 g/mol. The second kappa shape index (κ2) is 5.10. The summed E-state index contributed by atoms with van der Waals surface area (Å²) >= 11 is 11.8. The number of aliphatic hydroxyl groups excluding tert-OH is 3.